The lowest BCUT2D eigenvalue weighted by molar-refractivity contribution is 0.602. The van der Waals surface area contributed by atoms with Crippen LogP contribution in [0.25, 0.3) is 135 Å². The molecule has 0 radical (unpaired) electrons. The van der Waals surface area contributed by atoms with Crippen LogP contribution in [0.4, 0.5) is 0 Å². The van der Waals surface area contributed by atoms with Crippen molar-refractivity contribution in [2.75, 3.05) is 0 Å². The molecule has 11 aromatic heterocycles. The van der Waals surface area contributed by atoms with E-state index in [0.717, 1.165) is 289 Å². The molecule has 13 heterocycles. The Balaban J connectivity index is 0.940. The lowest BCUT2D eigenvalue weighted by atomic mass is 10.1. The lowest BCUT2D eigenvalue weighted by Gasteiger charge is -2.13. The topological polar surface area (TPSA) is 251 Å². The van der Waals surface area contributed by atoms with Crippen molar-refractivity contribution in [2.45, 2.75) is 415 Å². The third-order valence-electron chi connectivity index (χ3n) is 29.6. The summed E-state index contributed by atoms with van der Waals surface area (Å²) in [5.41, 5.74) is 20.3. The van der Waals surface area contributed by atoms with Crippen LogP contribution in [0.15, 0.2) is 147 Å². The Kier molecular flexibility index (Phi) is 38.1. The zero-order valence-electron chi connectivity index (χ0n) is 88.3. The fourth-order valence-electron chi connectivity index (χ4n) is 21.1. The van der Waals surface area contributed by atoms with Crippen LogP contribution >= 0.6 is 0 Å². The molecule has 4 aromatic carbocycles. The maximum Gasteiger partial charge on any atom is 0.164 e. The maximum absolute atomic E-state index is 5.98. The number of benzene rings is 4. The summed E-state index contributed by atoms with van der Waals surface area (Å²) in [6, 6.07) is 35.4. The van der Waals surface area contributed by atoms with Crippen LogP contribution in [-0.4, -0.2) is 118 Å². The number of aromatic nitrogens is 24. The number of aromatic amines is 2. The first-order valence-electron chi connectivity index (χ1n) is 57.0. The molecule has 2 aliphatic heterocycles. The van der Waals surface area contributed by atoms with Crippen molar-refractivity contribution in [3.8, 4) is 91.1 Å². The molecule has 0 saturated carbocycles. The molecule has 17 rings (SSSR count). The predicted molar refractivity (Wildman–Crippen MR) is 590 cm³/mol. The van der Waals surface area contributed by atoms with E-state index in [-0.39, 0.29) is 0 Å². The third kappa shape index (κ3) is 26.8. The zero-order chi connectivity index (χ0) is 99.0. The first kappa shape index (κ1) is 103. The number of aryl methyl sites for hydroxylation is 8. The van der Waals surface area contributed by atoms with E-state index < -0.39 is 0 Å². The summed E-state index contributed by atoms with van der Waals surface area (Å²) in [5.74, 6) is 1.81. The van der Waals surface area contributed by atoms with E-state index in [9.17, 15) is 0 Å². The van der Waals surface area contributed by atoms with Crippen molar-refractivity contribution in [3.63, 3.8) is 0 Å². The maximum atomic E-state index is 5.98. The van der Waals surface area contributed by atoms with Crippen LogP contribution in [-0.2, 0) is 51.4 Å². The fourth-order valence-corrected chi connectivity index (χ4v) is 21.1. The monoisotopic (exact) mass is 1940 g/mol. The Morgan fingerprint density at radius 3 is 0.458 bits per heavy atom. The van der Waals surface area contributed by atoms with Crippen molar-refractivity contribution < 1.29 is 0 Å². The highest BCUT2D eigenvalue weighted by atomic mass is 15.4. The van der Waals surface area contributed by atoms with E-state index in [1.54, 1.807) is 0 Å². The molecule has 15 aromatic rings. The van der Waals surface area contributed by atoms with Gasteiger partial charge in [-0.1, -0.05) is 312 Å². The summed E-state index contributed by atoms with van der Waals surface area (Å²) in [6.45, 7) is 18.3. The van der Waals surface area contributed by atoms with Crippen LogP contribution in [0, 0.1) is 0 Å². The van der Waals surface area contributed by atoms with Gasteiger partial charge in [-0.2, -0.15) is 40.8 Å². The second-order valence-corrected chi connectivity index (χ2v) is 41.3. The van der Waals surface area contributed by atoms with Crippen LogP contribution in [0.5, 0.6) is 0 Å². The molecule has 0 atom stereocenters. The summed E-state index contributed by atoms with van der Waals surface area (Å²) in [7, 11) is 0. The molecule has 0 unspecified atom stereocenters. The summed E-state index contributed by atoms with van der Waals surface area (Å²) >= 11 is 0. The quantitative estimate of drug-likeness (QED) is 0.0336. The number of nitrogens with zero attached hydrogens (tertiary/aromatic N) is 22. The molecule has 8 bridgehead atoms. The van der Waals surface area contributed by atoms with Gasteiger partial charge in [-0.3, -0.25) is 0 Å². The van der Waals surface area contributed by atoms with Gasteiger partial charge in [0.05, 0.1) is 91.1 Å². The molecule has 24 heteroatoms. The Morgan fingerprint density at radius 1 is 0.167 bits per heavy atom. The summed E-state index contributed by atoms with van der Waals surface area (Å²) in [4.78, 5) is 43.5. The van der Waals surface area contributed by atoms with E-state index >= 15 is 0 Å². The Labute approximate surface area is 855 Å². The predicted octanol–water partition coefficient (Wildman–Crippen LogP) is 31.6. The van der Waals surface area contributed by atoms with Crippen molar-refractivity contribution in [2.24, 2.45) is 0 Å². The van der Waals surface area contributed by atoms with Gasteiger partial charge in [-0.15, -0.1) is 0 Å². The van der Waals surface area contributed by atoms with Gasteiger partial charge in [-0.05, 0) is 200 Å². The van der Waals surface area contributed by atoms with Gasteiger partial charge in [-0.25, -0.2) is 67.4 Å². The van der Waals surface area contributed by atoms with Gasteiger partial charge >= 0.3 is 0 Å². The molecule has 0 fully saturated rings. The first-order valence-corrected chi connectivity index (χ1v) is 57.0. The van der Waals surface area contributed by atoms with Crippen molar-refractivity contribution >= 4 is 44.1 Å². The van der Waals surface area contributed by atoms with Gasteiger partial charge in [0.15, 0.2) is 23.3 Å². The van der Waals surface area contributed by atoms with E-state index in [4.69, 9.17) is 70.7 Å². The fraction of sp³-hybridized carbons (Fsp3) is 0.533. The molecule has 24 nitrogen and oxygen atoms in total. The van der Waals surface area contributed by atoms with Gasteiger partial charge in [0.2, 0.25) is 0 Å². The number of H-pyrrole nitrogens is 2. The highest BCUT2D eigenvalue weighted by Gasteiger charge is 2.31. The van der Waals surface area contributed by atoms with Gasteiger partial charge < -0.3 is 9.97 Å². The molecule has 0 saturated heterocycles. The number of hydrogen-bond acceptors (Lipinski definition) is 14. The molecule has 2 N–H and O–H groups in total. The van der Waals surface area contributed by atoms with Crippen molar-refractivity contribution in [3.05, 3.63) is 192 Å². The minimum absolute atomic E-state index is 0.452. The number of hydrogen-bond donors (Lipinski definition) is 2. The Morgan fingerprint density at radius 2 is 0.306 bits per heavy atom. The average molecular weight is 1940 g/mol. The normalized spacial score (nSPS) is 12.1. The van der Waals surface area contributed by atoms with E-state index in [1.807, 2.05) is 0 Å². The highest BCUT2D eigenvalue weighted by Crippen LogP contribution is 2.44. The van der Waals surface area contributed by atoms with Crippen LogP contribution < -0.4 is 0 Å². The third-order valence-corrected chi connectivity index (χ3v) is 29.6. The molecule has 762 valence electrons. The highest BCUT2D eigenvalue weighted by molar-refractivity contribution is 6.09. The van der Waals surface area contributed by atoms with Gasteiger partial charge in [0.1, 0.15) is 22.6 Å². The Hall–Kier alpha value is -12.1. The average Bonchev–Trinajstić information content (AvgIpc) is 1.58. The van der Waals surface area contributed by atoms with Gasteiger partial charge in [0.25, 0.3) is 0 Å². The largest absolute Gasteiger partial charge is 0.324 e. The van der Waals surface area contributed by atoms with E-state index in [1.165, 1.54) is 205 Å². The molecule has 144 heavy (non-hydrogen) atoms. The summed E-state index contributed by atoms with van der Waals surface area (Å²) in [5, 5.41) is 47.2. The first-order chi connectivity index (χ1) is 71.1. The molecule has 0 spiro atoms. The molecule has 0 amide bonds. The summed E-state index contributed by atoms with van der Waals surface area (Å²) in [6.07, 6.45) is 81.4. The smallest absolute Gasteiger partial charge is 0.164 e. The van der Waals surface area contributed by atoms with Crippen molar-refractivity contribution in [1.29, 1.82) is 0 Å². The molecular weight excluding hydrogens is 1780 g/mol. The van der Waals surface area contributed by atoms with Crippen molar-refractivity contribution in [1.82, 2.24) is 118 Å². The van der Waals surface area contributed by atoms with Crippen LogP contribution in [0.2, 0.25) is 0 Å². The van der Waals surface area contributed by atoms with E-state index in [2.05, 4.69) is 249 Å². The van der Waals surface area contributed by atoms with Crippen LogP contribution in [0.1, 0.15) is 409 Å². The zero-order valence-corrected chi connectivity index (χ0v) is 88.3. The minimum Gasteiger partial charge on any atom is -0.324 e. The number of rotatable bonds is 64. The number of nitrogens with one attached hydrogen (secondary N) is 2. The van der Waals surface area contributed by atoms with E-state index in [0.29, 0.717) is 45.9 Å². The second kappa shape index (κ2) is 53.1. The number of unbranched alkanes of at least 4 members (excludes halogenated alkanes) is 40. The second-order valence-electron chi connectivity index (χ2n) is 41.3. The molecule has 2 aliphatic rings. The SMILES string of the molecule is CCCCCCCCc1ccn(-c2cc3c(cc2-n2ccc(CCCCCCCC)n2)-c2nc-3nc3[nH]c(nc4nc(nc5[nH]c(n2)c2cc(-n6ccc(CCCCCCCC)n6)c(-n6ccc(CCCCCCCC)n6)cc52)-c2cc(-n5ccc(CCCCCCCC)n5)c(-n5ccc(CCCCCCCC)n5)cc2-4)c2cc(-n4ccc(CCCCCCCC)n4)c(-n4ccc(CCCCCCCC)n4)cc32)n1. The number of fused-ring (bicyclic) bond motifs is 20. The standard InChI is InChI=1S/C120H162N24/c1-9-17-25-33-41-49-57-89-65-73-137(129-89)105-81-97-98(82-106(105)138-74-66-90(130-138)58-50-42-34-26-18-10-2)114-121-113(97)125-115-99-83-107(139-75-67-91(131-139)59-51-43-35-27-19-11-3)108(140-76-68-92(132-140)60-52-44-36-28-20-12-4)84-100(99)117(122-115)127-119-103-87-111(143-79-71-95(135-143)63-55-47-39-31-23-15-7)112(144-80-72-96(136-144)64-56-48-40-32-24-16-8)88-104(103)120(124-119)128-118-102-86-110(142-78-70-94(134-142)62-54-46-38-30-22-14-6)109(85-101(102)116(123-118)126-114)141-77-69-93(133-141)61-53-45-37-29-21-13-5/h65-88H,9-64H2,1-8H3,(H2,121,122,123,124,125,126,127,128). The summed E-state index contributed by atoms with van der Waals surface area (Å²) < 4.78 is 16.4. The molecule has 0 aliphatic carbocycles. The lowest BCUT2D eigenvalue weighted by Crippen LogP contribution is -2.06. The van der Waals surface area contributed by atoms with Crippen LogP contribution in [0.3, 0.4) is 0 Å². The Bertz CT molecular complexity index is 5950. The molecular formula is C120H162N24. The minimum atomic E-state index is 0.452. The van der Waals surface area contributed by atoms with Gasteiger partial charge in [0, 0.05) is 93.4 Å².